The third-order valence-electron chi connectivity index (χ3n) is 6.02. The predicted octanol–water partition coefficient (Wildman–Crippen LogP) is 4.28. The van der Waals surface area contributed by atoms with E-state index in [0.29, 0.717) is 24.4 Å². The summed E-state index contributed by atoms with van der Waals surface area (Å²) in [6, 6.07) is 21.4. The molecule has 1 unspecified atom stereocenters. The number of anilines is 1. The predicted molar refractivity (Wildman–Crippen MR) is 125 cm³/mol. The van der Waals surface area contributed by atoms with Gasteiger partial charge in [0, 0.05) is 13.6 Å². The van der Waals surface area contributed by atoms with Gasteiger partial charge < -0.3 is 9.64 Å². The minimum absolute atomic E-state index is 0.0686. The monoisotopic (exact) mass is 450 g/mol. The van der Waals surface area contributed by atoms with Crippen LogP contribution < -0.4 is 9.04 Å². The number of nitrogens with zero attached hydrogens (tertiary/aromatic N) is 2. The lowest BCUT2D eigenvalue weighted by atomic mass is 10.1. The minimum atomic E-state index is -3.82. The maximum atomic E-state index is 13.5. The zero-order chi connectivity index (χ0) is 22.9. The molecule has 0 saturated carbocycles. The number of benzene rings is 3. The van der Waals surface area contributed by atoms with E-state index in [1.165, 1.54) is 23.5 Å². The van der Waals surface area contributed by atoms with E-state index in [2.05, 4.69) is 0 Å². The lowest BCUT2D eigenvalue weighted by Gasteiger charge is -2.26. The number of sulfonamides is 1. The van der Waals surface area contributed by atoms with Crippen LogP contribution in [-0.4, -0.2) is 39.9 Å². The maximum absolute atomic E-state index is 13.5. The van der Waals surface area contributed by atoms with Crippen LogP contribution in [-0.2, 0) is 16.4 Å². The highest BCUT2D eigenvalue weighted by Gasteiger charge is 2.32. The molecule has 0 radical (unpaired) electrons. The van der Waals surface area contributed by atoms with E-state index in [-0.39, 0.29) is 22.4 Å². The molecule has 3 aromatic rings. The largest absolute Gasteiger partial charge is 0.496 e. The van der Waals surface area contributed by atoms with Gasteiger partial charge in [0.2, 0.25) is 0 Å². The average molecular weight is 451 g/mol. The highest BCUT2D eigenvalue weighted by Crippen LogP contribution is 2.34. The second kappa shape index (κ2) is 8.67. The molecule has 0 N–H and O–H groups in total. The standard InChI is InChI=1S/C25H26N2O4S/c1-18(19-9-5-4-6-10-19)26(2)25(28)22-17-21(13-14-24(22)31-3)32(29,30)27-16-15-20-11-7-8-12-23(20)27/h4-14,17-18H,15-16H2,1-3H3. The highest BCUT2D eigenvalue weighted by atomic mass is 32.2. The number of carbonyl (C=O) groups is 1. The first-order valence-electron chi connectivity index (χ1n) is 10.5. The van der Waals surface area contributed by atoms with Gasteiger partial charge >= 0.3 is 0 Å². The number of amides is 1. The van der Waals surface area contributed by atoms with Crippen molar-refractivity contribution in [2.24, 2.45) is 0 Å². The quantitative estimate of drug-likeness (QED) is 0.562. The molecular formula is C25H26N2O4S. The van der Waals surface area contributed by atoms with E-state index in [4.69, 9.17) is 4.74 Å². The van der Waals surface area contributed by atoms with Crippen LogP contribution in [0.25, 0.3) is 0 Å². The van der Waals surface area contributed by atoms with Crippen LogP contribution in [0.1, 0.15) is 34.5 Å². The molecule has 32 heavy (non-hydrogen) atoms. The molecule has 0 aromatic heterocycles. The fourth-order valence-corrected chi connectivity index (χ4v) is 5.55. The molecule has 1 heterocycles. The first kappa shape index (κ1) is 21.9. The zero-order valence-corrected chi connectivity index (χ0v) is 19.2. The van der Waals surface area contributed by atoms with Crippen LogP contribution in [0.5, 0.6) is 5.75 Å². The van der Waals surface area contributed by atoms with Gasteiger partial charge in [-0.3, -0.25) is 9.10 Å². The maximum Gasteiger partial charge on any atom is 0.264 e. The van der Waals surface area contributed by atoms with Crippen molar-refractivity contribution in [1.82, 2.24) is 4.90 Å². The number of rotatable bonds is 6. The van der Waals surface area contributed by atoms with Crippen molar-refractivity contribution >= 4 is 21.6 Å². The summed E-state index contributed by atoms with van der Waals surface area (Å²) >= 11 is 0. The van der Waals surface area contributed by atoms with E-state index in [1.54, 1.807) is 18.0 Å². The number of ether oxygens (including phenoxy) is 1. The molecule has 7 heteroatoms. The summed E-state index contributed by atoms with van der Waals surface area (Å²) in [6.07, 6.45) is 0.661. The van der Waals surface area contributed by atoms with Crippen LogP contribution in [0.2, 0.25) is 0 Å². The van der Waals surface area contributed by atoms with E-state index >= 15 is 0 Å². The van der Waals surface area contributed by atoms with Crippen molar-refractivity contribution in [3.8, 4) is 5.75 Å². The Morgan fingerprint density at radius 1 is 1.03 bits per heavy atom. The Kier molecular flexibility index (Phi) is 5.93. The van der Waals surface area contributed by atoms with E-state index in [0.717, 1.165) is 11.1 Å². The van der Waals surface area contributed by atoms with Crippen LogP contribution >= 0.6 is 0 Å². The zero-order valence-electron chi connectivity index (χ0n) is 18.4. The fourth-order valence-electron chi connectivity index (χ4n) is 4.02. The molecule has 1 atom stereocenters. The van der Waals surface area contributed by atoms with Crippen LogP contribution in [0, 0.1) is 0 Å². The number of hydrogen-bond donors (Lipinski definition) is 0. The summed E-state index contributed by atoms with van der Waals surface area (Å²) in [5.41, 5.74) is 2.88. The van der Waals surface area contributed by atoms with Crippen molar-refractivity contribution in [3.05, 3.63) is 89.5 Å². The number of methoxy groups -OCH3 is 1. The van der Waals surface area contributed by atoms with Gasteiger partial charge in [0.25, 0.3) is 15.9 Å². The first-order chi connectivity index (χ1) is 15.3. The van der Waals surface area contributed by atoms with Crippen molar-refractivity contribution < 1.29 is 17.9 Å². The average Bonchev–Trinajstić information content (AvgIpc) is 3.28. The lowest BCUT2D eigenvalue weighted by Crippen LogP contribution is -2.31. The van der Waals surface area contributed by atoms with E-state index in [1.807, 2.05) is 61.5 Å². The number of fused-ring (bicyclic) bond motifs is 1. The van der Waals surface area contributed by atoms with E-state index < -0.39 is 10.0 Å². The third kappa shape index (κ3) is 3.84. The van der Waals surface area contributed by atoms with Gasteiger partial charge in [-0.25, -0.2) is 8.42 Å². The molecule has 0 spiro atoms. The van der Waals surface area contributed by atoms with Crippen molar-refractivity contribution in [3.63, 3.8) is 0 Å². The molecule has 0 saturated heterocycles. The summed E-state index contributed by atoms with van der Waals surface area (Å²) in [5, 5.41) is 0. The third-order valence-corrected chi connectivity index (χ3v) is 7.83. The van der Waals surface area contributed by atoms with Crippen molar-refractivity contribution in [2.45, 2.75) is 24.3 Å². The summed E-state index contributed by atoms with van der Waals surface area (Å²) in [6.45, 7) is 2.31. The summed E-state index contributed by atoms with van der Waals surface area (Å²) in [4.78, 5) is 15.0. The summed E-state index contributed by atoms with van der Waals surface area (Å²) in [7, 11) is -0.649. The molecule has 166 valence electrons. The first-order valence-corrected chi connectivity index (χ1v) is 11.9. The van der Waals surface area contributed by atoms with Gasteiger partial charge in [-0.2, -0.15) is 0 Å². The highest BCUT2D eigenvalue weighted by molar-refractivity contribution is 7.92. The van der Waals surface area contributed by atoms with Crippen LogP contribution in [0.15, 0.2) is 77.7 Å². The Balaban J connectivity index is 1.69. The molecule has 1 aliphatic heterocycles. The molecule has 6 nitrogen and oxygen atoms in total. The van der Waals surface area contributed by atoms with Gasteiger partial charge in [-0.1, -0.05) is 48.5 Å². The van der Waals surface area contributed by atoms with Gasteiger partial charge in [0.1, 0.15) is 5.75 Å². The molecule has 1 aliphatic rings. The Labute approximate surface area is 189 Å². The minimum Gasteiger partial charge on any atom is -0.496 e. The molecule has 0 aliphatic carbocycles. The van der Waals surface area contributed by atoms with Gasteiger partial charge in [0.05, 0.1) is 29.3 Å². The van der Waals surface area contributed by atoms with E-state index in [9.17, 15) is 13.2 Å². The van der Waals surface area contributed by atoms with Gasteiger partial charge in [-0.05, 0) is 48.7 Å². The van der Waals surface area contributed by atoms with Crippen LogP contribution in [0.3, 0.4) is 0 Å². The normalized spacial score (nSPS) is 14.0. The lowest BCUT2D eigenvalue weighted by molar-refractivity contribution is 0.0739. The van der Waals surface area contributed by atoms with Crippen molar-refractivity contribution in [2.75, 3.05) is 25.0 Å². The number of hydrogen-bond acceptors (Lipinski definition) is 4. The second-order valence-electron chi connectivity index (χ2n) is 7.82. The Hall–Kier alpha value is -3.32. The molecule has 0 fully saturated rings. The van der Waals surface area contributed by atoms with Crippen LogP contribution in [0.4, 0.5) is 5.69 Å². The molecule has 4 rings (SSSR count). The fraction of sp³-hybridized carbons (Fsp3) is 0.240. The smallest absolute Gasteiger partial charge is 0.264 e. The summed E-state index contributed by atoms with van der Waals surface area (Å²) < 4.78 is 33.7. The molecule has 3 aromatic carbocycles. The number of carbonyl (C=O) groups excluding carboxylic acids is 1. The topological polar surface area (TPSA) is 66.9 Å². The van der Waals surface area contributed by atoms with Gasteiger partial charge in [0.15, 0.2) is 0 Å². The molecule has 0 bridgehead atoms. The Morgan fingerprint density at radius 3 is 2.44 bits per heavy atom. The molecule has 1 amide bonds. The van der Waals surface area contributed by atoms with Gasteiger partial charge in [-0.15, -0.1) is 0 Å². The Bertz CT molecular complexity index is 1240. The second-order valence-corrected chi connectivity index (χ2v) is 9.68. The van der Waals surface area contributed by atoms with Crippen molar-refractivity contribution in [1.29, 1.82) is 0 Å². The summed E-state index contributed by atoms with van der Waals surface area (Å²) in [5.74, 6) is 0.0277. The Morgan fingerprint density at radius 2 is 1.72 bits per heavy atom. The number of para-hydroxylation sites is 1. The SMILES string of the molecule is COc1ccc(S(=O)(=O)N2CCc3ccccc32)cc1C(=O)N(C)C(C)c1ccccc1. The molecular weight excluding hydrogens is 424 g/mol.